The predicted octanol–water partition coefficient (Wildman–Crippen LogP) is 0.960. The van der Waals surface area contributed by atoms with Crippen molar-refractivity contribution in [2.75, 3.05) is 6.61 Å². The molecule has 0 aliphatic carbocycles. The highest BCUT2D eigenvalue weighted by molar-refractivity contribution is 6.06. The summed E-state index contributed by atoms with van der Waals surface area (Å²) in [4.78, 5) is 16.5. The van der Waals surface area contributed by atoms with Crippen LogP contribution in [0.1, 0.15) is 20.8 Å². The van der Waals surface area contributed by atoms with E-state index in [1.54, 1.807) is 0 Å². The fourth-order valence-electron chi connectivity index (χ4n) is 1.67. The van der Waals surface area contributed by atoms with Gasteiger partial charge in [-0.3, -0.25) is 4.79 Å². The van der Waals surface area contributed by atoms with Crippen molar-refractivity contribution in [3.63, 3.8) is 0 Å². The first kappa shape index (κ1) is 8.53. The maximum atomic E-state index is 11.3. The van der Waals surface area contributed by atoms with Crippen LogP contribution in [-0.4, -0.2) is 24.4 Å². The molecule has 4 nitrogen and oxygen atoms in total. The summed E-state index contributed by atoms with van der Waals surface area (Å²) in [5.41, 5.74) is 0.683. The molecule has 2 atom stereocenters. The number of nitrogens with zero attached hydrogens (tertiary/aromatic N) is 1. The van der Waals surface area contributed by atoms with E-state index in [4.69, 9.17) is 9.57 Å². The zero-order valence-electron chi connectivity index (χ0n) is 8.03. The number of hydrogen-bond acceptors (Lipinski definition) is 4. The van der Waals surface area contributed by atoms with Crippen molar-refractivity contribution >= 4 is 11.7 Å². The zero-order valence-corrected chi connectivity index (χ0v) is 8.03. The Labute approximate surface area is 76.9 Å². The number of esters is 1. The molecule has 0 radical (unpaired) electrons. The molecule has 0 aromatic rings. The van der Waals surface area contributed by atoms with Crippen molar-refractivity contribution in [2.24, 2.45) is 16.5 Å². The molecule has 0 aromatic heterocycles. The van der Waals surface area contributed by atoms with E-state index >= 15 is 0 Å². The quantitative estimate of drug-likeness (QED) is 0.525. The van der Waals surface area contributed by atoms with Gasteiger partial charge in [-0.15, -0.1) is 0 Å². The number of carbonyl (C=O) groups is 1. The fourth-order valence-corrected chi connectivity index (χ4v) is 1.67. The first-order valence-electron chi connectivity index (χ1n) is 4.41. The summed E-state index contributed by atoms with van der Waals surface area (Å²) >= 11 is 0. The highest BCUT2D eigenvalue weighted by atomic mass is 16.7. The third kappa shape index (κ3) is 1.20. The lowest BCUT2D eigenvalue weighted by atomic mass is 9.81. The molecule has 1 saturated heterocycles. The van der Waals surface area contributed by atoms with E-state index in [1.165, 1.54) is 0 Å². The summed E-state index contributed by atoms with van der Waals surface area (Å²) in [7, 11) is 0. The number of rotatable bonds is 0. The van der Waals surface area contributed by atoms with E-state index in [-0.39, 0.29) is 23.4 Å². The Morgan fingerprint density at radius 2 is 2.15 bits per heavy atom. The SMILES string of the molecule is CC(C)(C)C1=NO[C@H]2COC(=O)[C@@H]12. The van der Waals surface area contributed by atoms with Crippen LogP contribution in [0.3, 0.4) is 0 Å². The molecule has 0 bridgehead atoms. The molecule has 0 spiro atoms. The molecule has 72 valence electrons. The molecule has 0 saturated carbocycles. The molecule has 2 aliphatic heterocycles. The monoisotopic (exact) mass is 183 g/mol. The van der Waals surface area contributed by atoms with Gasteiger partial charge in [-0.2, -0.15) is 0 Å². The van der Waals surface area contributed by atoms with Gasteiger partial charge in [-0.05, 0) is 0 Å². The standard InChI is InChI=1S/C9H13NO3/c1-9(2,3)7-6-5(13-10-7)4-12-8(6)11/h5-6H,4H2,1-3H3/t5-,6+/m0/s1. The molecule has 0 N–H and O–H groups in total. The van der Waals surface area contributed by atoms with E-state index in [1.807, 2.05) is 20.8 Å². The minimum absolute atomic E-state index is 0.122. The van der Waals surface area contributed by atoms with Crippen molar-refractivity contribution in [3.8, 4) is 0 Å². The average Bonchev–Trinajstić information content (AvgIpc) is 2.51. The van der Waals surface area contributed by atoms with E-state index in [9.17, 15) is 4.79 Å². The Bertz CT molecular complexity index is 277. The largest absolute Gasteiger partial charge is 0.461 e. The average molecular weight is 183 g/mol. The van der Waals surface area contributed by atoms with Gasteiger partial charge in [-0.25, -0.2) is 0 Å². The van der Waals surface area contributed by atoms with Crippen LogP contribution in [0.25, 0.3) is 0 Å². The topological polar surface area (TPSA) is 47.9 Å². The van der Waals surface area contributed by atoms with Crippen molar-refractivity contribution in [1.29, 1.82) is 0 Å². The van der Waals surface area contributed by atoms with Crippen molar-refractivity contribution in [2.45, 2.75) is 26.9 Å². The second-order valence-electron chi connectivity index (χ2n) is 4.48. The second kappa shape index (κ2) is 2.47. The molecule has 0 amide bonds. The van der Waals surface area contributed by atoms with Crippen LogP contribution in [0, 0.1) is 11.3 Å². The molecule has 0 unspecified atom stereocenters. The number of cyclic esters (lactones) is 1. The van der Waals surface area contributed by atoms with Crippen LogP contribution in [0.2, 0.25) is 0 Å². The van der Waals surface area contributed by atoms with E-state index < -0.39 is 0 Å². The molecule has 0 aromatic carbocycles. The molecular formula is C9H13NO3. The van der Waals surface area contributed by atoms with Gasteiger partial charge in [0, 0.05) is 5.41 Å². The number of hydrogen-bond donors (Lipinski definition) is 0. The Kier molecular flexibility index (Phi) is 1.62. The zero-order chi connectivity index (χ0) is 9.64. The highest BCUT2D eigenvalue weighted by Gasteiger charge is 2.49. The van der Waals surface area contributed by atoms with Gasteiger partial charge < -0.3 is 9.57 Å². The van der Waals surface area contributed by atoms with Gasteiger partial charge in [-0.1, -0.05) is 25.9 Å². The van der Waals surface area contributed by atoms with Crippen LogP contribution < -0.4 is 0 Å². The summed E-state index contributed by atoms with van der Waals surface area (Å²) in [6.45, 7) is 6.39. The summed E-state index contributed by atoms with van der Waals surface area (Å²) in [5, 5.41) is 3.96. The minimum atomic E-state index is -0.264. The Morgan fingerprint density at radius 1 is 1.46 bits per heavy atom. The maximum Gasteiger partial charge on any atom is 0.319 e. The summed E-state index contributed by atoms with van der Waals surface area (Å²) in [6, 6.07) is 0. The van der Waals surface area contributed by atoms with Crippen LogP contribution in [-0.2, 0) is 14.4 Å². The van der Waals surface area contributed by atoms with Gasteiger partial charge in [0.2, 0.25) is 0 Å². The fraction of sp³-hybridized carbons (Fsp3) is 0.778. The van der Waals surface area contributed by atoms with Gasteiger partial charge in [0.25, 0.3) is 0 Å². The molecule has 13 heavy (non-hydrogen) atoms. The number of oxime groups is 1. The maximum absolute atomic E-state index is 11.3. The molecule has 2 rings (SSSR count). The normalized spacial score (nSPS) is 32.2. The summed E-state index contributed by atoms with van der Waals surface area (Å²) in [5.74, 6) is -0.462. The summed E-state index contributed by atoms with van der Waals surface area (Å²) < 4.78 is 4.90. The Balaban J connectivity index is 2.27. The predicted molar refractivity (Wildman–Crippen MR) is 46.2 cm³/mol. The van der Waals surface area contributed by atoms with Crippen LogP contribution in [0.4, 0.5) is 0 Å². The van der Waals surface area contributed by atoms with Crippen molar-refractivity contribution < 1.29 is 14.4 Å². The van der Waals surface area contributed by atoms with Gasteiger partial charge >= 0.3 is 5.97 Å². The first-order valence-corrected chi connectivity index (χ1v) is 4.41. The molecular weight excluding hydrogens is 170 g/mol. The lowest BCUT2D eigenvalue weighted by Crippen LogP contribution is -2.32. The van der Waals surface area contributed by atoms with Crippen LogP contribution in [0.5, 0.6) is 0 Å². The van der Waals surface area contributed by atoms with Crippen molar-refractivity contribution in [3.05, 3.63) is 0 Å². The van der Waals surface area contributed by atoms with Gasteiger partial charge in [0.15, 0.2) is 6.10 Å². The lowest BCUT2D eigenvalue weighted by molar-refractivity contribution is -0.139. The molecule has 1 fully saturated rings. The first-order chi connectivity index (χ1) is 6.00. The third-order valence-corrected chi connectivity index (χ3v) is 2.37. The highest BCUT2D eigenvalue weighted by Crippen LogP contribution is 2.34. The molecule has 2 aliphatic rings. The second-order valence-corrected chi connectivity index (χ2v) is 4.48. The Morgan fingerprint density at radius 3 is 2.77 bits per heavy atom. The summed E-state index contributed by atoms with van der Waals surface area (Å²) in [6.07, 6.45) is -0.179. The Hall–Kier alpha value is -1.06. The van der Waals surface area contributed by atoms with Gasteiger partial charge in [0.1, 0.15) is 12.5 Å². The van der Waals surface area contributed by atoms with Gasteiger partial charge in [0.05, 0.1) is 5.71 Å². The lowest BCUT2D eigenvalue weighted by Gasteiger charge is -2.19. The van der Waals surface area contributed by atoms with E-state index in [2.05, 4.69) is 5.16 Å². The number of fused-ring (bicyclic) bond motifs is 1. The van der Waals surface area contributed by atoms with Crippen LogP contribution >= 0.6 is 0 Å². The molecule has 2 heterocycles. The smallest absolute Gasteiger partial charge is 0.319 e. The third-order valence-electron chi connectivity index (χ3n) is 2.37. The molecule has 4 heteroatoms. The number of carbonyl (C=O) groups excluding carboxylic acids is 1. The van der Waals surface area contributed by atoms with Crippen molar-refractivity contribution in [1.82, 2.24) is 0 Å². The minimum Gasteiger partial charge on any atom is -0.461 e. The van der Waals surface area contributed by atoms with Crippen LogP contribution in [0.15, 0.2) is 5.16 Å². The van der Waals surface area contributed by atoms with E-state index in [0.717, 1.165) is 5.71 Å². The van der Waals surface area contributed by atoms with E-state index in [0.29, 0.717) is 6.61 Å². The number of ether oxygens (including phenoxy) is 1.